The standard InChI is InChI=1S/C5H12Br2Ge/c1-5(2,3)8(4,6)7/h1-4H3. The van der Waals surface area contributed by atoms with Gasteiger partial charge in [0, 0.05) is 0 Å². The van der Waals surface area contributed by atoms with Gasteiger partial charge in [0.05, 0.1) is 0 Å². The topological polar surface area (TPSA) is 0 Å². The second-order valence-corrected chi connectivity index (χ2v) is 32.0. The first kappa shape index (κ1) is 9.50. The minimum atomic E-state index is -1.69. The Morgan fingerprint density at radius 1 is 1.12 bits per heavy atom. The molecule has 0 rings (SSSR count). The first-order chi connectivity index (χ1) is 3.25. The molecule has 0 atom stereocenters. The van der Waals surface area contributed by atoms with Gasteiger partial charge >= 0.3 is 68.4 Å². The van der Waals surface area contributed by atoms with E-state index in [0.717, 1.165) is 0 Å². The van der Waals surface area contributed by atoms with Gasteiger partial charge in [-0.15, -0.1) is 0 Å². The average Bonchev–Trinajstić information content (AvgIpc) is 1.25. The van der Waals surface area contributed by atoms with Crippen molar-refractivity contribution >= 4 is 37.6 Å². The van der Waals surface area contributed by atoms with Crippen LogP contribution in [0.1, 0.15) is 20.8 Å². The molecule has 0 N–H and O–H groups in total. The van der Waals surface area contributed by atoms with Crippen molar-refractivity contribution in [3.05, 3.63) is 0 Å². The molecule has 0 saturated carbocycles. The van der Waals surface area contributed by atoms with Crippen molar-refractivity contribution < 1.29 is 0 Å². The molecule has 3 heteroatoms. The van der Waals surface area contributed by atoms with Crippen LogP contribution in [0.5, 0.6) is 0 Å². The molecule has 0 fully saturated rings. The van der Waals surface area contributed by atoms with Crippen molar-refractivity contribution in [1.29, 1.82) is 0 Å². The molecule has 0 nitrogen and oxygen atoms in total. The van der Waals surface area contributed by atoms with Gasteiger partial charge in [0.1, 0.15) is 0 Å². The summed E-state index contributed by atoms with van der Waals surface area (Å²) in [4.78, 5) is 0. The molecule has 0 amide bonds. The Kier molecular flexibility index (Phi) is 3.12. The molecule has 0 radical (unpaired) electrons. The molecule has 0 saturated heterocycles. The summed E-state index contributed by atoms with van der Waals surface area (Å²) in [5.74, 6) is 2.29. The van der Waals surface area contributed by atoms with E-state index in [2.05, 4.69) is 54.5 Å². The second-order valence-electron chi connectivity index (χ2n) is 3.14. The zero-order chi connectivity index (χ0) is 7.00. The van der Waals surface area contributed by atoms with Gasteiger partial charge in [-0.1, -0.05) is 0 Å². The molecule has 0 spiro atoms. The molecule has 0 aromatic rings. The quantitative estimate of drug-likeness (QED) is 0.599. The first-order valence-electron chi connectivity index (χ1n) is 2.63. The van der Waals surface area contributed by atoms with Gasteiger partial charge in [-0.2, -0.15) is 0 Å². The minimum absolute atomic E-state index is 0.458. The number of hydrogen-bond acceptors (Lipinski definition) is 0. The Balaban J connectivity index is 4.02. The van der Waals surface area contributed by atoms with E-state index in [1.807, 2.05) is 0 Å². The second kappa shape index (κ2) is 2.63. The molecular weight excluding hydrogens is 292 g/mol. The Hall–Kier alpha value is 1.50. The molecule has 0 aromatic carbocycles. The van der Waals surface area contributed by atoms with Gasteiger partial charge in [-0.05, 0) is 0 Å². The molecule has 0 bridgehead atoms. The fraction of sp³-hybridized carbons (Fsp3) is 1.00. The van der Waals surface area contributed by atoms with E-state index in [1.54, 1.807) is 0 Å². The Bertz CT molecular complexity index is 65.4. The van der Waals surface area contributed by atoms with Crippen LogP contribution in [0.25, 0.3) is 0 Å². The maximum absolute atomic E-state index is 3.70. The molecule has 0 aliphatic carbocycles. The third-order valence-corrected chi connectivity index (χ3v) is 19.2. The predicted molar refractivity (Wildman–Crippen MR) is 49.2 cm³/mol. The van der Waals surface area contributed by atoms with E-state index in [-0.39, 0.29) is 0 Å². The summed E-state index contributed by atoms with van der Waals surface area (Å²) in [5.41, 5.74) is 0. The Morgan fingerprint density at radius 3 is 1.25 bits per heavy atom. The molecule has 0 aliphatic rings. The van der Waals surface area contributed by atoms with Crippen LogP contribution < -0.4 is 0 Å². The van der Waals surface area contributed by atoms with Crippen LogP contribution in [0.15, 0.2) is 0 Å². The first-order valence-corrected chi connectivity index (χ1v) is 15.6. The van der Waals surface area contributed by atoms with Gasteiger partial charge in [0.25, 0.3) is 0 Å². The Labute approximate surface area is 68.0 Å². The number of hydrogen-bond donors (Lipinski definition) is 0. The summed E-state index contributed by atoms with van der Waals surface area (Å²) in [7, 11) is -1.69. The van der Waals surface area contributed by atoms with Crippen molar-refractivity contribution in [1.82, 2.24) is 0 Å². The van der Waals surface area contributed by atoms with Gasteiger partial charge in [0.2, 0.25) is 0 Å². The van der Waals surface area contributed by atoms with E-state index >= 15 is 0 Å². The van der Waals surface area contributed by atoms with E-state index in [4.69, 9.17) is 0 Å². The van der Waals surface area contributed by atoms with Crippen LogP contribution in [-0.2, 0) is 0 Å². The van der Waals surface area contributed by atoms with Crippen molar-refractivity contribution in [2.24, 2.45) is 0 Å². The molecule has 0 unspecified atom stereocenters. The van der Waals surface area contributed by atoms with E-state index in [1.165, 1.54) is 0 Å². The van der Waals surface area contributed by atoms with Crippen molar-refractivity contribution in [2.45, 2.75) is 30.8 Å². The molecule has 0 aromatic heterocycles. The molecule has 50 valence electrons. The van der Waals surface area contributed by atoms with E-state index in [0.29, 0.717) is 4.25 Å². The molecule has 0 heterocycles. The van der Waals surface area contributed by atoms with Crippen LogP contribution in [0, 0.1) is 0 Å². The van der Waals surface area contributed by atoms with Crippen LogP contribution >= 0.6 is 28.0 Å². The van der Waals surface area contributed by atoms with Crippen LogP contribution in [-0.4, -0.2) is 9.58 Å². The van der Waals surface area contributed by atoms with Crippen LogP contribution in [0.2, 0.25) is 10.0 Å². The number of rotatable bonds is 0. The zero-order valence-corrected chi connectivity index (χ0v) is 11.0. The van der Waals surface area contributed by atoms with Crippen LogP contribution in [0.4, 0.5) is 0 Å². The van der Waals surface area contributed by atoms with Gasteiger partial charge < -0.3 is 0 Å². The van der Waals surface area contributed by atoms with E-state index in [9.17, 15) is 0 Å². The third-order valence-electron chi connectivity index (χ3n) is 1.32. The fourth-order valence-corrected chi connectivity index (χ4v) is 0. The van der Waals surface area contributed by atoms with Crippen molar-refractivity contribution in [3.8, 4) is 0 Å². The summed E-state index contributed by atoms with van der Waals surface area (Å²) in [6.45, 7) is 6.78. The molecule has 8 heavy (non-hydrogen) atoms. The van der Waals surface area contributed by atoms with Gasteiger partial charge in [0.15, 0.2) is 0 Å². The third kappa shape index (κ3) is 2.88. The summed E-state index contributed by atoms with van der Waals surface area (Å²) < 4.78 is 0.458. The predicted octanol–water partition coefficient (Wildman–Crippen LogP) is 3.65. The Morgan fingerprint density at radius 2 is 1.25 bits per heavy atom. The summed E-state index contributed by atoms with van der Waals surface area (Å²) in [6, 6.07) is 0. The average molecular weight is 305 g/mol. The molecular formula is C5H12Br2Ge. The van der Waals surface area contributed by atoms with Gasteiger partial charge in [-0.3, -0.25) is 0 Å². The summed E-state index contributed by atoms with van der Waals surface area (Å²) in [5, 5.41) is 0. The van der Waals surface area contributed by atoms with Crippen LogP contribution in [0.3, 0.4) is 0 Å². The SMILES string of the molecule is C[C](C)(C)[Ge]([CH3])([Br])[Br]. The van der Waals surface area contributed by atoms with Crippen molar-refractivity contribution in [2.75, 3.05) is 0 Å². The molecule has 0 aliphatic heterocycles. The summed E-state index contributed by atoms with van der Waals surface area (Å²) in [6.07, 6.45) is 0. The maximum atomic E-state index is 3.70. The number of halogens is 2. The van der Waals surface area contributed by atoms with Gasteiger partial charge in [-0.25, -0.2) is 0 Å². The monoisotopic (exact) mass is 304 g/mol. The zero-order valence-electron chi connectivity index (χ0n) is 5.76. The summed E-state index contributed by atoms with van der Waals surface area (Å²) >= 11 is 7.41. The van der Waals surface area contributed by atoms with Crippen molar-refractivity contribution in [3.63, 3.8) is 0 Å². The fourth-order valence-electron chi connectivity index (χ4n) is 0. The van der Waals surface area contributed by atoms with E-state index < -0.39 is 9.58 Å². The normalized spacial score (nSPS) is 14.2.